The van der Waals surface area contributed by atoms with E-state index in [2.05, 4.69) is 79.6 Å². The number of piperidine rings is 1. The molecule has 3 aromatic carbocycles. The van der Waals surface area contributed by atoms with Gasteiger partial charge in [-0.15, -0.1) is 0 Å². The summed E-state index contributed by atoms with van der Waals surface area (Å²) < 4.78 is 0. The molecule has 2 saturated heterocycles. The molecule has 0 amide bonds. The number of pyridine rings is 2. The summed E-state index contributed by atoms with van der Waals surface area (Å²) in [5.74, 6) is 2.23. The van der Waals surface area contributed by atoms with Crippen LogP contribution in [0.15, 0.2) is 97.2 Å². The second-order valence-electron chi connectivity index (χ2n) is 12.1. The molecule has 0 spiro atoms. The molecule has 8 heteroatoms. The highest BCUT2D eigenvalue weighted by Crippen LogP contribution is 2.32. The summed E-state index contributed by atoms with van der Waals surface area (Å²) in [7, 11) is 0. The van der Waals surface area contributed by atoms with Gasteiger partial charge >= 0.3 is 0 Å². The Morgan fingerprint density at radius 1 is 0.667 bits per heavy atom. The van der Waals surface area contributed by atoms with Crippen molar-refractivity contribution < 1.29 is 0 Å². The van der Waals surface area contributed by atoms with Gasteiger partial charge in [0.05, 0.1) is 11.6 Å². The number of anilines is 3. The Bertz CT molecular complexity index is 1730. The van der Waals surface area contributed by atoms with Crippen molar-refractivity contribution in [2.75, 3.05) is 54.4 Å². The fourth-order valence-corrected chi connectivity index (χ4v) is 6.81. The molecule has 2 aliphatic heterocycles. The van der Waals surface area contributed by atoms with Crippen LogP contribution in [0.5, 0.6) is 0 Å². The van der Waals surface area contributed by atoms with Crippen LogP contribution in [0, 0.1) is 0 Å². The third-order valence-electron chi connectivity index (χ3n) is 9.02. The van der Waals surface area contributed by atoms with E-state index >= 15 is 0 Å². The van der Waals surface area contributed by atoms with Crippen LogP contribution in [-0.4, -0.2) is 54.1 Å². The van der Waals surface area contributed by atoms with E-state index in [-0.39, 0.29) is 6.04 Å². The van der Waals surface area contributed by atoms with Crippen molar-refractivity contribution in [2.45, 2.75) is 31.8 Å². The van der Waals surface area contributed by atoms with Gasteiger partial charge < -0.3 is 15.1 Å². The van der Waals surface area contributed by atoms with E-state index in [1.165, 1.54) is 30.4 Å². The van der Waals surface area contributed by atoms with E-state index in [0.29, 0.717) is 5.02 Å². The number of nitrogens with zero attached hydrogens (tertiary/aromatic N) is 5. The summed E-state index contributed by atoms with van der Waals surface area (Å²) in [4.78, 5) is 17.0. The number of fused-ring (bicyclic) bond motifs is 1. The second-order valence-corrected chi connectivity index (χ2v) is 12.9. The first-order valence-electron chi connectivity index (χ1n) is 15.9. The number of piperazine rings is 1. The summed E-state index contributed by atoms with van der Waals surface area (Å²) in [5.41, 5.74) is 5.51. The molecule has 0 aliphatic carbocycles. The molecule has 2 fully saturated rings. The fourth-order valence-electron chi connectivity index (χ4n) is 6.51. The van der Waals surface area contributed by atoms with Gasteiger partial charge in [0.15, 0.2) is 0 Å². The van der Waals surface area contributed by atoms with Crippen molar-refractivity contribution in [2.24, 2.45) is 0 Å². The number of hydrogen-bond acceptors (Lipinski definition) is 6. The highest BCUT2D eigenvalue weighted by atomic mass is 35.5. The van der Waals surface area contributed by atoms with Crippen LogP contribution in [0.2, 0.25) is 10.0 Å². The molecule has 0 bridgehead atoms. The number of nitrogens with one attached hydrogen (secondary N) is 1. The summed E-state index contributed by atoms with van der Waals surface area (Å²) in [6, 6.07) is 31.4. The Balaban J connectivity index is 1.03. The van der Waals surface area contributed by atoms with Crippen LogP contribution >= 0.6 is 23.2 Å². The topological polar surface area (TPSA) is 47.5 Å². The Morgan fingerprint density at radius 2 is 1.31 bits per heavy atom. The van der Waals surface area contributed by atoms with E-state index < -0.39 is 0 Å². The van der Waals surface area contributed by atoms with Crippen molar-refractivity contribution in [3.8, 4) is 0 Å². The summed E-state index contributed by atoms with van der Waals surface area (Å²) in [6.45, 7) is 7.19. The van der Waals surface area contributed by atoms with Gasteiger partial charge in [-0.1, -0.05) is 65.7 Å². The molecule has 4 heterocycles. The maximum Gasteiger partial charge on any atom is 0.131 e. The molecule has 0 radical (unpaired) electrons. The normalized spacial score (nSPS) is 16.6. The molecule has 1 N–H and O–H groups in total. The van der Waals surface area contributed by atoms with E-state index in [4.69, 9.17) is 28.2 Å². The molecule has 230 valence electrons. The molecule has 6 nitrogen and oxygen atoms in total. The van der Waals surface area contributed by atoms with Crippen LogP contribution in [0.4, 0.5) is 17.3 Å². The van der Waals surface area contributed by atoms with E-state index in [9.17, 15) is 0 Å². The van der Waals surface area contributed by atoms with Gasteiger partial charge in [-0.05, 0) is 84.5 Å². The van der Waals surface area contributed by atoms with Gasteiger partial charge in [-0.2, -0.15) is 0 Å². The Kier molecular flexibility index (Phi) is 9.06. The summed E-state index contributed by atoms with van der Waals surface area (Å²) >= 11 is 12.5. The molecule has 2 aromatic heterocycles. The minimum absolute atomic E-state index is 0.0608. The average Bonchev–Trinajstić information content (AvgIpc) is 3.09. The number of hydrogen-bond donors (Lipinski definition) is 1. The van der Waals surface area contributed by atoms with Gasteiger partial charge in [0.2, 0.25) is 0 Å². The largest absolute Gasteiger partial charge is 0.374 e. The maximum atomic E-state index is 6.26. The molecule has 1 unspecified atom stereocenters. The van der Waals surface area contributed by atoms with Gasteiger partial charge in [-0.3, -0.25) is 9.88 Å². The standard InChI is InChI=1S/C37H38Cl2N6/c38-30-13-11-29(12-14-30)37(41-33-17-18-40-34-25-31(39)15-16-32(33)34)28-9-7-27(8-10-28)26-43-21-23-45(24-22-43)36-6-4-5-35(42-36)44-19-2-1-3-20-44/h4-18,25,37H,1-3,19-24,26H2,(H,40,41). The van der Waals surface area contributed by atoms with Crippen molar-refractivity contribution >= 4 is 51.4 Å². The van der Waals surface area contributed by atoms with E-state index in [1.807, 2.05) is 42.6 Å². The van der Waals surface area contributed by atoms with Gasteiger partial charge in [0.25, 0.3) is 0 Å². The Hall–Kier alpha value is -3.84. The number of halogens is 2. The zero-order valence-electron chi connectivity index (χ0n) is 25.4. The highest BCUT2D eigenvalue weighted by molar-refractivity contribution is 6.31. The van der Waals surface area contributed by atoms with E-state index in [1.54, 1.807) is 0 Å². The lowest BCUT2D eigenvalue weighted by Crippen LogP contribution is -2.46. The Morgan fingerprint density at radius 3 is 2.02 bits per heavy atom. The first kappa shape index (κ1) is 29.8. The SMILES string of the molecule is Clc1ccc(C(Nc2ccnc3cc(Cl)ccc23)c2ccc(CN3CCN(c4cccc(N5CCCCC5)n4)CC3)cc2)cc1. The fraction of sp³-hybridized carbons (Fsp3) is 0.297. The quantitative estimate of drug-likeness (QED) is 0.184. The lowest BCUT2D eigenvalue weighted by molar-refractivity contribution is 0.249. The molecule has 2 aliphatic rings. The van der Waals surface area contributed by atoms with Crippen LogP contribution in [0.1, 0.15) is 42.0 Å². The van der Waals surface area contributed by atoms with Gasteiger partial charge in [0, 0.05) is 73.1 Å². The van der Waals surface area contributed by atoms with Crippen molar-refractivity contribution in [1.29, 1.82) is 0 Å². The zero-order chi connectivity index (χ0) is 30.6. The number of rotatable bonds is 8. The average molecular weight is 638 g/mol. The monoisotopic (exact) mass is 636 g/mol. The first-order chi connectivity index (χ1) is 22.1. The molecule has 45 heavy (non-hydrogen) atoms. The smallest absolute Gasteiger partial charge is 0.131 e. The lowest BCUT2D eigenvalue weighted by Gasteiger charge is -2.36. The lowest BCUT2D eigenvalue weighted by atomic mass is 9.97. The maximum absolute atomic E-state index is 6.26. The number of benzene rings is 3. The van der Waals surface area contributed by atoms with Crippen LogP contribution in [0.3, 0.4) is 0 Å². The van der Waals surface area contributed by atoms with E-state index in [0.717, 1.165) is 84.6 Å². The third kappa shape index (κ3) is 7.04. The van der Waals surface area contributed by atoms with Crippen LogP contribution in [-0.2, 0) is 6.54 Å². The second kappa shape index (κ2) is 13.7. The van der Waals surface area contributed by atoms with Gasteiger partial charge in [0.1, 0.15) is 11.6 Å². The minimum Gasteiger partial charge on any atom is -0.374 e. The molecule has 1 atom stereocenters. The molecular formula is C37H38Cl2N6. The predicted molar refractivity (Wildman–Crippen MR) is 188 cm³/mol. The zero-order valence-corrected chi connectivity index (χ0v) is 26.9. The van der Waals surface area contributed by atoms with Gasteiger partial charge in [-0.25, -0.2) is 4.98 Å². The molecule has 0 saturated carbocycles. The van der Waals surface area contributed by atoms with Crippen molar-refractivity contribution in [3.63, 3.8) is 0 Å². The molecule has 5 aromatic rings. The third-order valence-corrected chi connectivity index (χ3v) is 9.51. The minimum atomic E-state index is -0.0608. The summed E-state index contributed by atoms with van der Waals surface area (Å²) in [6.07, 6.45) is 5.69. The predicted octanol–water partition coefficient (Wildman–Crippen LogP) is 8.45. The van der Waals surface area contributed by atoms with Crippen LogP contribution < -0.4 is 15.1 Å². The first-order valence-corrected chi connectivity index (χ1v) is 16.7. The van der Waals surface area contributed by atoms with Crippen molar-refractivity contribution in [1.82, 2.24) is 14.9 Å². The number of aromatic nitrogens is 2. The Labute approximate surface area is 275 Å². The highest BCUT2D eigenvalue weighted by Gasteiger charge is 2.21. The molecule has 7 rings (SSSR count). The molecular weight excluding hydrogens is 599 g/mol. The summed E-state index contributed by atoms with van der Waals surface area (Å²) in [5, 5.41) is 6.22. The van der Waals surface area contributed by atoms with Crippen molar-refractivity contribution in [3.05, 3.63) is 124 Å². The van der Waals surface area contributed by atoms with Crippen LogP contribution in [0.25, 0.3) is 10.9 Å².